The third kappa shape index (κ3) is 3.26. The molecule has 1 aromatic rings. The molecule has 1 saturated heterocycles. The molecule has 0 aliphatic carbocycles. The van der Waals surface area contributed by atoms with Crippen LogP contribution in [0.1, 0.15) is 16.7 Å². The minimum absolute atomic E-state index is 0.318. The maximum atomic E-state index is 12.3. The van der Waals surface area contributed by atoms with Gasteiger partial charge in [0, 0.05) is 26.1 Å². The summed E-state index contributed by atoms with van der Waals surface area (Å²) >= 11 is 0. The highest BCUT2D eigenvalue weighted by atomic mass is 16.5. The highest BCUT2D eigenvalue weighted by Crippen LogP contribution is 2.19. The third-order valence-corrected chi connectivity index (χ3v) is 4.13. The van der Waals surface area contributed by atoms with Gasteiger partial charge in [0.25, 0.3) is 0 Å². The topological polar surface area (TPSA) is 41.6 Å². The number of ether oxygens (including phenoxy) is 1. The van der Waals surface area contributed by atoms with E-state index in [-0.39, 0.29) is 0 Å². The van der Waals surface area contributed by atoms with Gasteiger partial charge in [-0.2, -0.15) is 0 Å². The van der Waals surface area contributed by atoms with E-state index in [9.17, 15) is 4.79 Å². The van der Waals surface area contributed by atoms with Gasteiger partial charge in [-0.15, -0.1) is 0 Å². The van der Waals surface area contributed by atoms with Crippen molar-refractivity contribution in [1.82, 2.24) is 10.2 Å². The van der Waals surface area contributed by atoms with Crippen LogP contribution in [0.15, 0.2) is 18.2 Å². The Labute approximate surface area is 120 Å². The minimum Gasteiger partial charge on any atom is -0.379 e. The van der Waals surface area contributed by atoms with Gasteiger partial charge < -0.3 is 10.1 Å². The highest BCUT2D eigenvalue weighted by molar-refractivity contribution is 5.83. The van der Waals surface area contributed by atoms with E-state index in [0.29, 0.717) is 18.7 Å². The molecule has 3 rings (SSSR count). The Hall–Kier alpha value is -1.23. The monoisotopic (exact) mass is 274 g/mol. The van der Waals surface area contributed by atoms with Gasteiger partial charge in [-0.25, -0.2) is 0 Å². The van der Waals surface area contributed by atoms with E-state index in [4.69, 9.17) is 4.74 Å². The van der Waals surface area contributed by atoms with Crippen molar-refractivity contribution in [2.24, 2.45) is 0 Å². The number of rotatable bonds is 4. The van der Waals surface area contributed by atoms with Crippen LogP contribution in [0.25, 0.3) is 0 Å². The largest absolute Gasteiger partial charge is 0.379 e. The van der Waals surface area contributed by atoms with E-state index in [2.05, 4.69) is 28.4 Å². The smallest absolute Gasteiger partial charge is 0.151 e. The van der Waals surface area contributed by atoms with Gasteiger partial charge in [-0.3, -0.25) is 9.69 Å². The van der Waals surface area contributed by atoms with Crippen LogP contribution in [-0.4, -0.2) is 50.1 Å². The number of hydrogen-bond donors (Lipinski definition) is 1. The highest BCUT2D eigenvalue weighted by Gasteiger charge is 2.17. The zero-order valence-electron chi connectivity index (χ0n) is 11.9. The molecule has 108 valence electrons. The average Bonchev–Trinajstić information content (AvgIpc) is 2.48. The van der Waals surface area contributed by atoms with Crippen molar-refractivity contribution in [3.63, 3.8) is 0 Å². The van der Waals surface area contributed by atoms with Gasteiger partial charge in [-0.05, 0) is 29.7 Å². The lowest BCUT2D eigenvalue weighted by Crippen LogP contribution is -2.40. The number of nitrogens with zero attached hydrogens (tertiary/aromatic N) is 1. The van der Waals surface area contributed by atoms with E-state index < -0.39 is 0 Å². The summed E-state index contributed by atoms with van der Waals surface area (Å²) in [7, 11) is 0. The molecule has 2 heterocycles. The number of benzene rings is 1. The predicted molar refractivity (Wildman–Crippen MR) is 77.8 cm³/mol. The Morgan fingerprint density at radius 3 is 3.00 bits per heavy atom. The number of Topliss-reactive ketones (excluding diaryl/α,β-unsaturated/α-hetero) is 1. The molecule has 0 unspecified atom stereocenters. The van der Waals surface area contributed by atoms with Crippen molar-refractivity contribution < 1.29 is 9.53 Å². The van der Waals surface area contributed by atoms with Crippen molar-refractivity contribution in [3.8, 4) is 0 Å². The number of carbonyl (C=O) groups is 1. The fourth-order valence-corrected chi connectivity index (χ4v) is 3.05. The summed E-state index contributed by atoms with van der Waals surface area (Å²) in [5.41, 5.74) is 3.97. The summed E-state index contributed by atoms with van der Waals surface area (Å²) < 4.78 is 5.31. The molecule has 0 bridgehead atoms. The summed E-state index contributed by atoms with van der Waals surface area (Å²) in [6.07, 6.45) is 1.61. The Morgan fingerprint density at radius 1 is 1.30 bits per heavy atom. The average molecular weight is 274 g/mol. The van der Waals surface area contributed by atoms with Crippen LogP contribution < -0.4 is 5.32 Å². The first kappa shape index (κ1) is 13.7. The molecule has 0 aromatic heterocycles. The zero-order valence-corrected chi connectivity index (χ0v) is 11.9. The minimum atomic E-state index is 0.318. The number of ketones is 1. The molecule has 2 aliphatic heterocycles. The first-order valence-electron chi connectivity index (χ1n) is 7.45. The molecule has 4 heteroatoms. The molecule has 0 radical (unpaired) electrons. The predicted octanol–water partition coefficient (Wildman–Crippen LogP) is 0.776. The Morgan fingerprint density at radius 2 is 2.15 bits per heavy atom. The molecular formula is C16H22N2O2. The maximum absolute atomic E-state index is 12.3. The van der Waals surface area contributed by atoms with Crippen molar-refractivity contribution in [3.05, 3.63) is 34.9 Å². The van der Waals surface area contributed by atoms with Gasteiger partial charge in [0.05, 0.1) is 19.8 Å². The van der Waals surface area contributed by atoms with Crippen LogP contribution >= 0.6 is 0 Å². The second-order valence-corrected chi connectivity index (χ2v) is 5.59. The first-order valence-corrected chi connectivity index (χ1v) is 7.45. The SMILES string of the molecule is O=C(Cc1cccc2c1CCNC2)CN1CCOCC1. The summed E-state index contributed by atoms with van der Waals surface area (Å²) in [6, 6.07) is 6.35. The Kier molecular flexibility index (Phi) is 4.45. The molecule has 2 aliphatic rings. The molecule has 0 spiro atoms. The van der Waals surface area contributed by atoms with Gasteiger partial charge in [0.15, 0.2) is 5.78 Å². The molecule has 1 fully saturated rings. The fraction of sp³-hybridized carbons (Fsp3) is 0.562. The van der Waals surface area contributed by atoms with Crippen LogP contribution in [0.5, 0.6) is 0 Å². The number of hydrogen-bond acceptors (Lipinski definition) is 4. The van der Waals surface area contributed by atoms with E-state index >= 15 is 0 Å². The number of carbonyl (C=O) groups excluding carboxylic acids is 1. The summed E-state index contributed by atoms with van der Waals surface area (Å²) in [6.45, 7) is 5.76. The maximum Gasteiger partial charge on any atom is 0.151 e. The van der Waals surface area contributed by atoms with E-state index in [1.807, 2.05) is 0 Å². The van der Waals surface area contributed by atoms with E-state index in [0.717, 1.165) is 45.8 Å². The summed E-state index contributed by atoms with van der Waals surface area (Å²) in [5.74, 6) is 0.318. The van der Waals surface area contributed by atoms with Crippen molar-refractivity contribution in [2.45, 2.75) is 19.4 Å². The molecule has 0 amide bonds. The molecule has 1 aromatic carbocycles. The number of morpholine rings is 1. The Balaban J connectivity index is 1.63. The van der Waals surface area contributed by atoms with Gasteiger partial charge in [0.2, 0.25) is 0 Å². The fourth-order valence-electron chi connectivity index (χ4n) is 3.05. The first-order chi connectivity index (χ1) is 9.83. The van der Waals surface area contributed by atoms with Crippen LogP contribution in [-0.2, 0) is 28.9 Å². The van der Waals surface area contributed by atoms with Gasteiger partial charge in [-0.1, -0.05) is 18.2 Å². The Bertz CT molecular complexity index is 481. The second kappa shape index (κ2) is 6.48. The van der Waals surface area contributed by atoms with Crippen LogP contribution in [0.4, 0.5) is 0 Å². The molecule has 0 atom stereocenters. The van der Waals surface area contributed by atoms with Crippen molar-refractivity contribution in [1.29, 1.82) is 0 Å². The van der Waals surface area contributed by atoms with Gasteiger partial charge >= 0.3 is 0 Å². The van der Waals surface area contributed by atoms with Crippen LogP contribution in [0.3, 0.4) is 0 Å². The molecule has 0 saturated carbocycles. The molecule has 1 N–H and O–H groups in total. The number of fused-ring (bicyclic) bond motifs is 1. The molecule has 4 nitrogen and oxygen atoms in total. The van der Waals surface area contributed by atoms with Gasteiger partial charge in [0.1, 0.15) is 0 Å². The number of nitrogens with one attached hydrogen (secondary N) is 1. The van der Waals surface area contributed by atoms with Crippen molar-refractivity contribution >= 4 is 5.78 Å². The van der Waals surface area contributed by atoms with E-state index in [1.54, 1.807) is 0 Å². The zero-order chi connectivity index (χ0) is 13.8. The van der Waals surface area contributed by atoms with E-state index in [1.165, 1.54) is 16.7 Å². The lowest BCUT2D eigenvalue weighted by molar-refractivity contribution is -0.120. The lowest BCUT2D eigenvalue weighted by atomic mass is 9.93. The normalized spacial score (nSPS) is 19.6. The lowest BCUT2D eigenvalue weighted by Gasteiger charge is -2.26. The van der Waals surface area contributed by atoms with Crippen molar-refractivity contribution in [2.75, 3.05) is 39.4 Å². The third-order valence-electron chi connectivity index (χ3n) is 4.13. The summed E-state index contributed by atoms with van der Waals surface area (Å²) in [5, 5.41) is 3.38. The second-order valence-electron chi connectivity index (χ2n) is 5.59. The molecule has 20 heavy (non-hydrogen) atoms. The quantitative estimate of drug-likeness (QED) is 0.881. The summed E-state index contributed by atoms with van der Waals surface area (Å²) in [4.78, 5) is 14.5. The van der Waals surface area contributed by atoms with Crippen LogP contribution in [0.2, 0.25) is 0 Å². The van der Waals surface area contributed by atoms with Crippen LogP contribution in [0, 0.1) is 0 Å². The molecular weight excluding hydrogens is 252 g/mol. The standard InChI is InChI=1S/C16H22N2O2/c19-15(12-18-6-8-20-9-7-18)10-13-2-1-3-14-11-17-5-4-16(13)14/h1-3,17H,4-12H2.